The summed E-state index contributed by atoms with van der Waals surface area (Å²) in [6.07, 6.45) is -1.05. The normalized spacial score (nSPS) is 16.0. The highest BCUT2D eigenvalue weighted by Gasteiger charge is 2.38. The lowest BCUT2D eigenvalue weighted by Crippen LogP contribution is -2.51. The summed E-state index contributed by atoms with van der Waals surface area (Å²) in [7, 11) is -0.896. The zero-order valence-electron chi connectivity index (χ0n) is 20.0. The van der Waals surface area contributed by atoms with E-state index >= 15 is 0 Å². The van der Waals surface area contributed by atoms with E-state index in [9.17, 15) is 13.2 Å². The van der Waals surface area contributed by atoms with Crippen molar-refractivity contribution >= 4 is 21.6 Å². The molecule has 1 heterocycles. The van der Waals surface area contributed by atoms with Crippen molar-refractivity contribution < 1.29 is 27.4 Å². The van der Waals surface area contributed by atoms with Crippen molar-refractivity contribution in [3.05, 3.63) is 77.9 Å². The first kappa shape index (κ1) is 24.4. The Kier molecular flexibility index (Phi) is 6.88. The van der Waals surface area contributed by atoms with Crippen molar-refractivity contribution in [1.82, 2.24) is 5.32 Å². The van der Waals surface area contributed by atoms with Gasteiger partial charge in [-0.1, -0.05) is 24.3 Å². The summed E-state index contributed by atoms with van der Waals surface area (Å²) in [5.41, 5.74) is 2.07. The van der Waals surface area contributed by atoms with Crippen LogP contribution in [0.2, 0.25) is 0 Å². The molecule has 4 rings (SSSR count). The average Bonchev–Trinajstić information content (AvgIpc) is 2.87. The zero-order valence-corrected chi connectivity index (χ0v) is 20.8. The Bertz CT molecular complexity index is 1320. The van der Waals surface area contributed by atoms with Crippen molar-refractivity contribution in [2.45, 2.75) is 30.9 Å². The van der Waals surface area contributed by atoms with E-state index in [0.29, 0.717) is 22.9 Å². The first-order valence-electron chi connectivity index (χ1n) is 11.1. The standard InChI is InChI=1S/C26H28N2O6S/c1-17-9-14-24-22(15-17)28(35(30,31)20-12-10-19(32-3)11-13-20)16-25(34-24)26(29)27-18(2)21-7-5-6-8-23(21)33-4/h5-15,18,25H,16H2,1-4H3,(H,27,29). The molecule has 9 heteroatoms. The lowest BCUT2D eigenvalue weighted by Gasteiger charge is -2.35. The van der Waals surface area contributed by atoms with Crippen LogP contribution in [0.1, 0.15) is 24.1 Å². The van der Waals surface area contributed by atoms with Crippen LogP contribution in [0.3, 0.4) is 0 Å². The maximum Gasteiger partial charge on any atom is 0.264 e. The molecule has 0 aliphatic carbocycles. The van der Waals surface area contributed by atoms with Crippen molar-refractivity contribution in [2.24, 2.45) is 0 Å². The molecule has 1 aliphatic rings. The number of hydrogen-bond donors (Lipinski definition) is 1. The topological polar surface area (TPSA) is 94.2 Å². The van der Waals surface area contributed by atoms with Crippen LogP contribution >= 0.6 is 0 Å². The average molecular weight is 497 g/mol. The predicted octanol–water partition coefficient (Wildman–Crippen LogP) is 3.85. The maximum absolute atomic E-state index is 13.6. The van der Waals surface area contributed by atoms with Crippen molar-refractivity contribution in [2.75, 3.05) is 25.1 Å². The number of carbonyl (C=O) groups excluding carboxylic acids is 1. The van der Waals surface area contributed by atoms with Gasteiger partial charge in [-0.3, -0.25) is 9.10 Å². The Morgan fingerprint density at radius 2 is 1.77 bits per heavy atom. The summed E-state index contributed by atoms with van der Waals surface area (Å²) in [6, 6.07) is 18.4. The van der Waals surface area contributed by atoms with Crippen LogP contribution in [0.25, 0.3) is 0 Å². The molecule has 1 aliphatic heterocycles. The number of anilines is 1. The number of nitrogens with one attached hydrogen (secondary N) is 1. The highest BCUT2D eigenvalue weighted by atomic mass is 32.2. The van der Waals surface area contributed by atoms with Crippen LogP contribution in [-0.4, -0.2) is 41.2 Å². The monoisotopic (exact) mass is 496 g/mol. The van der Waals surface area contributed by atoms with E-state index in [4.69, 9.17) is 14.2 Å². The second kappa shape index (κ2) is 9.87. The number of para-hydroxylation sites is 1. The number of aryl methyl sites for hydroxylation is 1. The summed E-state index contributed by atoms with van der Waals surface area (Å²) >= 11 is 0. The van der Waals surface area contributed by atoms with E-state index < -0.39 is 22.0 Å². The lowest BCUT2D eigenvalue weighted by atomic mass is 10.1. The fraction of sp³-hybridized carbons (Fsp3) is 0.269. The van der Waals surface area contributed by atoms with Gasteiger partial charge < -0.3 is 19.5 Å². The molecule has 0 fully saturated rings. The van der Waals surface area contributed by atoms with Crippen molar-refractivity contribution in [3.63, 3.8) is 0 Å². The summed E-state index contributed by atoms with van der Waals surface area (Å²) < 4.78 is 45.0. The summed E-state index contributed by atoms with van der Waals surface area (Å²) in [5, 5.41) is 2.93. The zero-order chi connectivity index (χ0) is 25.2. The number of hydrogen-bond acceptors (Lipinski definition) is 6. The minimum Gasteiger partial charge on any atom is -0.497 e. The van der Waals surface area contributed by atoms with Crippen molar-refractivity contribution in [1.29, 1.82) is 0 Å². The molecule has 184 valence electrons. The van der Waals surface area contributed by atoms with Gasteiger partial charge in [0, 0.05) is 5.56 Å². The molecule has 0 bridgehead atoms. The SMILES string of the molecule is COc1ccc(S(=O)(=O)N2CC(C(=O)NC(C)c3ccccc3OC)Oc3ccc(C)cc32)cc1. The fourth-order valence-corrected chi connectivity index (χ4v) is 5.48. The Balaban J connectivity index is 1.64. The van der Waals surface area contributed by atoms with Gasteiger partial charge in [0.1, 0.15) is 17.2 Å². The first-order chi connectivity index (χ1) is 16.7. The summed E-state index contributed by atoms with van der Waals surface area (Å²) in [5.74, 6) is 1.09. The molecule has 0 spiro atoms. The molecule has 35 heavy (non-hydrogen) atoms. The van der Waals surface area contributed by atoms with Gasteiger partial charge in [0.2, 0.25) is 0 Å². The highest BCUT2D eigenvalue weighted by molar-refractivity contribution is 7.92. The smallest absolute Gasteiger partial charge is 0.264 e. The second-order valence-electron chi connectivity index (χ2n) is 8.26. The molecule has 0 saturated heterocycles. The van der Waals surface area contributed by atoms with Crippen LogP contribution in [0.15, 0.2) is 71.6 Å². The molecule has 8 nitrogen and oxygen atoms in total. The third-order valence-corrected chi connectivity index (χ3v) is 7.68. The third kappa shape index (κ3) is 4.90. The summed E-state index contributed by atoms with van der Waals surface area (Å²) in [4.78, 5) is 13.3. The van der Waals surface area contributed by atoms with Crippen molar-refractivity contribution in [3.8, 4) is 17.2 Å². The molecule has 1 N–H and O–H groups in total. The van der Waals surface area contributed by atoms with Crippen LogP contribution in [0.5, 0.6) is 17.2 Å². The van der Waals surface area contributed by atoms with Crippen LogP contribution in [-0.2, 0) is 14.8 Å². The molecule has 2 atom stereocenters. The number of nitrogens with zero attached hydrogens (tertiary/aromatic N) is 1. The minimum atomic E-state index is -3.98. The Hall–Kier alpha value is -3.72. The molecule has 0 radical (unpaired) electrons. The highest BCUT2D eigenvalue weighted by Crippen LogP contribution is 2.38. The van der Waals surface area contributed by atoms with E-state index in [2.05, 4.69) is 5.32 Å². The number of methoxy groups -OCH3 is 2. The third-order valence-electron chi connectivity index (χ3n) is 5.89. The largest absolute Gasteiger partial charge is 0.497 e. The van der Waals surface area contributed by atoms with E-state index in [1.807, 2.05) is 44.2 Å². The number of benzene rings is 3. The van der Waals surface area contributed by atoms with Gasteiger partial charge in [-0.25, -0.2) is 8.42 Å². The lowest BCUT2D eigenvalue weighted by molar-refractivity contribution is -0.128. The number of sulfonamides is 1. The number of amides is 1. The molecule has 3 aromatic rings. The molecule has 3 aromatic carbocycles. The van der Waals surface area contributed by atoms with E-state index in [1.54, 1.807) is 31.4 Å². The predicted molar refractivity (Wildman–Crippen MR) is 133 cm³/mol. The van der Waals surface area contributed by atoms with Gasteiger partial charge >= 0.3 is 0 Å². The van der Waals surface area contributed by atoms with Gasteiger partial charge in [0.15, 0.2) is 6.10 Å². The first-order valence-corrected chi connectivity index (χ1v) is 12.6. The molecule has 0 aromatic heterocycles. The second-order valence-corrected chi connectivity index (χ2v) is 10.1. The quantitative estimate of drug-likeness (QED) is 0.534. The number of fused-ring (bicyclic) bond motifs is 1. The van der Waals surface area contributed by atoms with E-state index in [0.717, 1.165) is 11.1 Å². The molecule has 0 saturated carbocycles. The van der Waals surface area contributed by atoms with Gasteiger partial charge in [0.05, 0.1) is 37.4 Å². The van der Waals surface area contributed by atoms with E-state index in [1.165, 1.54) is 23.5 Å². The van der Waals surface area contributed by atoms with Gasteiger partial charge in [-0.2, -0.15) is 0 Å². The van der Waals surface area contributed by atoms with Crippen LogP contribution in [0, 0.1) is 6.92 Å². The van der Waals surface area contributed by atoms with E-state index in [-0.39, 0.29) is 17.5 Å². The Morgan fingerprint density at radius 1 is 1.06 bits per heavy atom. The molecule has 1 amide bonds. The van der Waals surface area contributed by atoms with Gasteiger partial charge in [-0.15, -0.1) is 0 Å². The summed E-state index contributed by atoms with van der Waals surface area (Å²) in [6.45, 7) is 3.53. The fourth-order valence-electron chi connectivity index (χ4n) is 4.01. The van der Waals surface area contributed by atoms with Crippen LogP contribution < -0.4 is 23.8 Å². The molecular formula is C26H28N2O6S. The molecular weight excluding hydrogens is 468 g/mol. The Labute approximate surface area is 205 Å². The Morgan fingerprint density at radius 3 is 2.46 bits per heavy atom. The number of carbonyl (C=O) groups is 1. The van der Waals surface area contributed by atoms with Gasteiger partial charge in [-0.05, 0) is 61.9 Å². The van der Waals surface area contributed by atoms with Crippen LogP contribution in [0.4, 0.5) is 5.69 Å². The number of rotatable bonds is 7. The molecule has 2 unspecified atom stereocenters. The number of ether oxygens (including phenoxy) is 3. The van der Waals surface area contributed by atoms with Gasteiger partial charge in [0.25, 0.3) is 15.9 Å². The minimum absolute atomic E-state index is 0.0919. The maximum atomic E-state index is 13.6.